The Kier molecular flexibility index (Phi) is 2.98. The van der Waals surface area contributed by atoms with Gasteiger partial charge in [0.05, 0.1) is 5.41 Å². The lowest BCUT2D eigenvalue weighted by molar-refractivity contribution is -0.130. The van der Waals surface area contributed by atoms with E-state index in [9.17, 15) is 4.79 Å². The minimum absolute atomic E-state index is 0.0440. The first-order chi connectivity index (χ1) is 7.19. The third-order valence-corrected chi connectivity index (χ3v) is 3.89. The number of hydrogen-bond donors (Lipinski definition) is 2. The van der Waals surface area contributed by atoms with Crippen LogP contribution in [0.25, 0.3) is 0 Å². The lowest BCUT2D eigenvalue weighted by Gasteiger charge is -2.34. The van der Waals surface area contributed by atoms with Crippen molar-refractivity contribution in [3.8, 4) is 0 Å². The summed E-state index contributed by atoms with van der Waals surface area (Å²) in [6, 6.07) is 0. The molecular formula is C11H21N3O. The van der Waals surface area contributed by atoms with Gasteiger partial charge in [-0.25, -0.2) is 5.43 Å². The second-order valence-electron chi connectivity index (χ2n) is 4.96. The Morgan fingerprint density at radius 3 is 2.73 bits per heavy atom. The van der Waals surface area contributed by atoms with E-state index >= 15 is 0 Å². The summed E-state index contributed by atoms with van der Waals surface area (Å²) >= 11 is 0. The number of nitrogens with one attached hydrogen (secondary N) is 2. The molecule has 1 unspecified atom stereocenters. The average molecular weight is 211 g/mol. The van der Waals surface area contributed by atoms with Gasteiger partial charge in [-0.15, -0.1) is 0 Å². The van der Waals surface area contributed by atoms with Gasteiger partial charge in [-0.3, -0.25) is 10.2 Å². The maximum Gasteiger partial charge on any atom is 0.240 e. The number of rotatable bonds is 3. The summed E-state index contributed by atoms with van der Waals surface area (Å²) < 4.78 is 0. The topological polar surface area (TPSA) is 44.4 Å². The van der Waals surface area contributed by atoms with Crippen LogP contribution >= 0.6 is 0 Å². The molecule has 1 amide bonds. The van der Waals surface area contributed by atoms with Crippen molar-refractivity contribution in [3.05, 3.63) is 0 Å². The summed E-state index contributed by atoms with van der Waals surface area (Å²) in [7, 11) is 3.90. The highest BCUT2D eigenvalue weighted by Crippen LogP contribution is 2.54. The molecule has 1 aliphatic carbocycles. The Labute approximate surface area is 91.4 Å². The fourth-order valence-corrected chi connectivity index (χ4v) is 2.81. The average Bonchev–Trinajstić information content (AvgIpc) is 2.99. The number of piperidine rings is 1. The zero-order valence-corrected chi connectivity index (χ0v) is 9.68. The van der Waals surface area contributed by atoms with Crippen molar-refractivity contribution >= 4 is 5.91 Å². The standard InChI is InChI=1S/C11H21N3O/c1-12-13-10(15)11(5-6-11)9-4-3-7-14(2)8-9/h9,12H,3-8H2,1-2H3,(H,13,15). The molecule has 2 fully saturated rings. The second-order valence-corrected chi connectivity index (χ2v) is 4.96. The molecule has 0 aromatic carbocycles. The quantitative estimate of drug-likeness (QED) is 0.662. The maximum atomic E-state index is 11.9. The molecule has 0 bridgehead atoms. The van der Waals surface area contributed by atoms with Gasteiger partial charge in [-0.1, -0.05) is 0 Å². The minimum Gasteiger partial charge on any atom is -0.306 e. The highest BCUT2D eigenvalue weighted by molar-refractivity contribution is 5.85. The van der Waals surface area contributed by atoms with E-state index in [1.807, 2.05) is 0 Å². The lowest BCUT2D eigenvalue weighted by atomic mass is 9.82. The van der Waals surface area contributed by atoms with Crippen LogP contribution < -0.4 is 10.9 Å². The summed E-state index contributed by atoms with van der Waals surface area (Å²) in [4.78, 5) is 14.3. The summed E-state index contributed by atoms with van der Waals surface area (Å²) in [5.74, 6) is 0.759. The zero-order valence-electron chi connectivity index (χ0n) is 9.68. The van der Waals surface area contributed by atoms with E-state index in [4.69, 9.17) is 0 Å². The van der Waals surface area contributed by atoms with Gasteiger partial charge in [-0.05, 0) is 45.2 Å². The number of carbonyl (C=O) groups is 1. The van der Waals surface area contributed by atoms with Gasteiger partial charge in [0.15, 0.2) is 0 Å². The number of amides is 1. The van der Waals surface area contributed by atoms with Gasteiger partial charge in [0, 0.05) is 13.6 Å². The number of hydrogen-bond acceptors (Lipinski definition) is 3. The van der Waals surface area contributed by atoms with Crippen molar-refractivity contribution in [1.82, 2.24) is 15.8 Å². The molecule has 2 N–H and O–H groups in total. The van der Waals surface area contributed by atoms with E-state index in [0.29, 0.717) is 5.92 Å². The largest absolute Gasteiger partial charge is 0.306 e. The smallest absolute Gasteiger partial charge is 0.240 e. The van der Waals surface area contributed by atoms with Gasteiger partial charge in [0.25, 0.3) is 0 Å². The third kappa shape index (κ3) is 2.01. The molecule has 0 aromatic heterocycles. The third-order valence-electron chi connectivity index (χ3n) is 3.89. The van der Waals surface area contributed by atoms with Gasteiger partial charge in [-0.2, -0.15) is 0 Å². The van der Waals surface area contributed by atoms with E-state index in [0.717, 1.165) is 19.4 Å². The lowest BCUT2D eigenvalue weighted by Crippen LogP contribution is -2.46. The maximum absolute atomic E-state index is 11.9. The normalized spacial score (nSPS) is 29.9. The van der Waals surface area contributed by atoms with Crippen LogP contribution in [0, 0.1) is 11.3 Å². The number of nitrogens with zero attached hydrogens (tertiary/aromatic N) is 1. The fraction of sp³-hybridized carbons (Fsp3) is 0.909. The van der Waals surface area contributed by atoms with Gasteiger partial charge in [0.1, 0.15) is 0 Å². The van der Waals surface area contributed by atoms with Crippen LogP contribution in [-0.2, 0) is 4.79 Å². The van der Waals surface area contributed by atoms with E-state index in [2.05, 4.69) is 22.8 Å². The molecule has 1 atom stereocenters. The van der Waals surface area contributed by atoms with Crippen LogP contribution in [0.1, 0.15) is 25.7 Å². The molecule has 1 aliphatic heterocycles. The van der Waals surface area contributed by atoms with Gasteiger partial charge >= 0.3 is 0 Å². The Morgan fingerprint density at radius 2 is 2.20 bits per heavy atom. The monoisotopic (exact) mass is 211 g/mol. The Bertz CT molecular complexity index is 250. The first-order valence-corrected chi connectivity index (χ1v) is 5.85. The van der Waals surface area contributed by atoms with Gasteiger partial charge < -0.3 is 4.90 Å². The Morgan fingerprint density at radius 1 is 1.47 bits per heavy atom. The molecule has 1 saturated heterocycles. The summed E-state index contributed by atoms with van der Waals surface area (Å²) in [5, 5.41) is 0. The molecule has 2 rings (SSSR count). The number of carbonyl (C=O) groups excluding carboxylic acids is 1. The van der Waals surface area contributed by atoms with Crippen molar-refractivity contribution < 1.29 is 4.79 Å². The van der Waals surface area contributed by atoms with Crippen LogP contribution in [0.4, 0.5) is 0 Å². The SMILES string of the molecule is CNNC(=O)C1(C2CCCN(C)C2)CC1. The second kappa shape index (κ2) is 4.10. The fourth-order valence-electron chi connectivity index (χ4n) is 2.81. The Hall–Kier alpha value is -0.610. The molecule has 86 valence electrons. The molecule has 2 aliphatic rings. The molecule has 15 heavy (non-hydrogen) atoms. The molecule has 1 saturated carbocycles. The van der Waals surface area contributed by atoms with Crippen LogP contribution in [-0.4, -0.2) is 38.0 Å². The summed E-state index contributed by atoms with van der Waals surface area (Å²) in [6.07, 6.45) is 4.58. The molecule has 0 radical (unpaired) electrons. The van der Waals surface area contributed by atoms with Crippen molar-refractivity contribution in [2.24, 2.45) is 11.3 Å². The van der Waals surface area contributed by atoms with Crippen molar-refractivity contribution in [3.63, 3.8) is 0 Å². The summed E-state index contributed by atoms with van der Waals surface area (Å²) in [5.41, 5.74) is 5.46. The van der Waals surface area contributed by atoms with Crippen LogP contribution in [0.2, 0.25) is 0 Å². The van der Waals surface area contributed by atoms with Gasteiger partial charge in [0.2, 0.25) is 5.91 Å². The molecule has 0 spiro atoms. The predicted octanol–water partition coefficient (Wildman–Crippen LogP) is 0.359. The molecule has 4 nitrogen and oxygen atoms in total. The van der Waals surface area contributed by atoms with E-state index in [1.165, 1.54) is 19.4 Å². The number of hydrazine groups is 1. The zero-order chi connectivity index (χ0) is 10.9. The van der Waals surface area contributed by atoms with Crippen molar-refractivity contribution in [1.29, 1.82) is 0 Å². The van der Waals surface area contributed by atoms with E-state index in [-0.39, 0.29) is 11.3 Å². The Balaban J connectivity index is 1.99. The van der Waals surface area contributed by atoms with Crippen LogP contribution in [0.3, 0.4) is 0 Å². The molecule has 4 heteroatoms. The first-order valence-electron chi connectivity index (χ1n) is 5.85. The highest BCUT2D eigenvalue weighted by atomic mass is 16.2. The van der Waals surface area contributed by atoms with Crippen molar-refractivity contribution in [2.75, 3.05) is 27.2 Å². The minimum atomic E-state index is -0.0440. The summed E-state index contributed by atoms with van der Waals surface area (Å²) in [6.45, 7) is 2.26. The first kappa shape index (κ1) is 10.9. The van der Waals surface area contributed by atoms with Crippen LogP contribution in [0.15, 0.2) is 0 Å². The predicted molar refractivity (Wildman–Crippen MR) is 59.1 cm³/mol. The van der Waals surface area contributed by atoms with Crippen molar-refractivity contribution in [2.45, 2.75) is 25.7 Å². The molecular weight excluding hydrogens is 190 g/mol. The molecule has 1 heterocycles. The van der Waals surface area contributed by atoms with E-state index < -0.39 is 0 Å². The number of likely N-dealkylation sites (tertiary alicyclic amines) is 1. The van der Waals surface area contributed by atoms with Crippen LogP contribution in [0.5, 0.6) is 0 Å². The highest BCUT2D eigenvalue weighted by Gasteiger charge is 2.55. The molecule has 0 aromatic rings. The van der Waals surface area contributed by atoms with E-state index in [1.54, 1.807) is 7.05 Å².